The molecule has 1 aromatic carbocycles. The predicted octanol–water partition coefficient (Wildman–Crippen LogP) is 3.98. The van der Waals surface area contributed by atoms with Gasteiger partial charge in [-0.3, -0.25) is 0 Å². The molecule has 0 aliphatic carbocycles. The van der Waals surface area contributed by atoms with Crippen molar-refractivity contribution in [2.45, 2.75) is 46.0 Å². The van der Waals surface area contributed by atoms with Gasteiger partial charge >= 0.3 is 0 Å². The van der Waals surface area contributed by atoms with Crippen LogP contribution in [0.4, 0.5) is 0 Å². The first-order valence-electron chi connectivity index (χ1n) is 5.41. The fourth-order valence-corrected chi connectivity index (χ4v) is 1.67. The average Bonchev–Trinajstić information content (AvgIpc) is 2.15. The first-order valence-corrected chi connectivity index (χ1v) is 5.41. The van der Waals surface area contributed by atoms with Crippen molar-refractivity contribution in [3.05, 3.63) is 34.9 Å². The lowest BCUT2D eigenvalue weighted by Crippen LogP contribution is -2.13. The van der Waals surface area contributed by atoms with Crippen molar-refractivity contribution >= 4 is 0 Å². The van der Waals surface area contributed by atoms with Crippen LogP contribution in [0.25, 0.3) is 0 Å². The summed E-state index contributed by atoms with van der Waals surface area (Å²) in [6.45, 7) is 10.7. The van der Waals surface area contributed by atoms with Crippen LogP contribution in [-0.2, 0) is 5.41 Å². The summed E-state index contributed by atoms with van der Waals surface area (Å²) < 4.78 is 0. The van der Waals surface area contributed by atoms with Crippen molar-refractivity contribution in [2.24, 2.45) is 0 Å². The van der Waals surface area contributed by atoms with Crippen LogP contribution in [0.2, 0.25) is 0 Å². The maximum Gasteiger partial charge on any atom is 0.0994 e. The second-order valence-electron chi connectivity index (χ2n) is 5.32. The molecular weight excluding hydrogens is 182 g/mol. The molecule has 0 amide bonds. The average molecular weight is 201 g/mol. The van der Waals surface area contributed by atoms with Gasteiger partial charge in [0, 0.05) is 0 Å². The molecule has 0 bridgehead atoms. The maximum absolute atomic E-state index is 9.14. The van der Waals surface area contributed by atoms with Crippen LogP contribution in [0.3, 0.4) is 0 Å². The summed E-state index contributed by atoms with van der Waals surface area (Å²) in [5.74, 6) is 0.478. The third kappa shape index (κ3) is 2.59. The van der Waals surface area contributed by atoms with Crippen molar-refractivity contribution in [1.29, 1.82) is 5.26 Å². The molecular formula is C14H19N. The molecule has 15 heavy (non-hydrogen) atoms. The smallest absolute Gasteiger partial charge is 0.0994 e. The SMILES string of the molecule is CC(C)c1ccc(C(C)(C)C)c(C#N)c1. The summed E-state index contributed by atoms with van der Waals surface area (Å²) >= 11 is 0. The molecule has 0 N–H and O–H groups in total. The van der Waals surface area contributed by atoms with Crippen LogP contribution in [0.5, 0.6) is 0 Å². The molecule has 1 heteroatoms. The zero-order valence-electron chi connectivity index (χ0n) is 10.3. The lowest BCUT2D eigenvalue weighted by atomic mass is 9.82. The first kappa shape index (κ1) is 11.8. The topological polar surface area (TPSA) is 23.8 Å². The van der Waals surface area contributed by atoms with Crippen LogP contribution in [-0.4, -0.2) is 0 Å². The Bertz CT molecular complexity index is 389. The van der Waals surface area contributed by atoms with Crippen molar-refractivity contribution in [2.75, 3.05) is 0 Å². The molecule has 1 nitrogen and oxygen atoms in total. The van der Waals surface area contributed by atoms with Gasteiger partial charge in [-0.15, -0.1) is 0 Å². The Labute approximate surface area is 92.7 Å². The molecule has 0 saturated carbocycles. The highest BCUT2D eigenvalue weighted by molar-refractivity contribution is 5.44. The molecule has 0 spiro atoms. The number of rotatable bonds is 1. The summed E-state index contributed by atoms with van der Waals surface area (Å²) in [5.41, 5.74) is 3.23. The molecule has 1 aromatic rings. The van der Waals surface area contributed by atoms with Gasteiger partial charge in [-0.1, -0.05) is 46.8 Å². The van der Waals surface area contributed by atoms with E-state index in [1.165, 1.54) is 5.56 Å². The fourth-order valence-electron chi connectivity index (χ4n) is 1.67. The predicted molar refractivity (Wildman–Crippen MR) is 63.9 cm³/mol. The van der Waals surface area contributed by atoms with Gasteiger partial charge in [-0.2, -0.15) is 5.26 Å². The van der Waals surface area contributed by atoms with E-state index in [9.17, 15) is 0 Å². The summed E-state index contributed by atoms with van der Waals surface area (Å²) in [7, 11) is 0. The number of hydrogen-bond acceptors (Lipinski definition) is 1. The molecule has 80 valence electrons. The van der Waals surface area contributed by atoms with Gasteiger partial charge in [0.25, 0.3) is 0 Å². The molecule has 0 heterocycles. The highest BCUT2D eigenvalue weighted by atomic mass is 14.3. The van der Waals surface area contributed by atoms with E-state index >= 15 is 0 Å². The quantitative estimate of drug-likeness (QED) is 0.674. The number of hydrogen-bond donors (Lipinski definition) is 0. The number of nitriles is 1. The van der Waals surface area contributed by atoms with Gasteiger partial charge < -0.3 is 0 Å². The van der Waals surface area contributed by atoms with E-state index in [0.29, 0.717) is 5.92 Å². The molecule has 0 aliphatic heterocycles. The van der Waals surface area contributed by atoms with Crippen molar-refractivity contribution in [3.63, 3.8) is 0 Å². The minimum absolute atomic E-state index is 0.0422. The van der Waals surface area contributed by atoms with Gasteiger partial charge in [-0.05, 0) is 28.5 Å². The van der Waals surface area contributed by atoms with E-state index in [-0.39, 0.29) is 5.41 Å². The summed E-state index contributed by atoms with van der Waals surface area (Å²) in [4.78, 5) is 0. The monoisotopic (exact) mass is 201 g/mol. The molecule has 0 aromatic heterocycles. The van der Waals surface area contributed by atoms with Crippen LogP contribution in [0.15, 0.2) is 18.2 Å². The van der Waals surface area contributed by atoms with E-state index in [2.05, 4.69) is 52.8 Å². The van der Waals surface area contributed by atoms with E-state index in [0.717, 1.165) is 11.1 Å². The van der Waals surface area contributed by atoms with Crippen LogP contribution in [0, 0.1) is 11.3 Å². The Balaban J connectivity index is 3.29. The molecule has 0 atom stereocenters. The highest BCUT2D eigenvalue weighted by Gasteiger charge is 2.18. The zero-order chi connectivity index (χ0) is 11.6. The van der Waals surface area contributed by atoms with Crippen LogP contribution >= 0.6 is 0 Å². The molecule has 0 aliphatic rings. The highest BCUT2D eigenvalue weighted by Crippen LogP contribution is 2.28. The molecule has 0 fully saturated rings. The number of nitrogens with zero attached hydrogens (tertiary/aromatic N) is 1. The third-order valence-corrected chi connectivity index (χ3v) is 2.64. The Kier molecular flexibility index (Phi) is 3.19. The standard InChI is InChI=1S/C14H19N/c1-10(2)11-6-7-13(14(3,4)5)12(8-11)9-15/h6-8,10H,1-5H3. The fraction of sp³-hybridized carbons (Fsp3) is 0.500. The zero-order valence-corrected chi connectivity index (χ0v) is 10.3. The van der Waals surface area contributed by atoms with Crippen molar-refractivity contribution in [1.82, 2.24) is 0 Å². The molecule has 0 saturated heterocycles. The van der Waals surface area contributed by atoms with E-state index in [1.807, 2.05) is 6.07 Å². The van der Waals surface area contributed by atoms with Gasteiger partial charge in [-0.25, -0.2) is 0 Å². The van der Waals surface area contributed by atoms with E-state index in [1.54, 1.807) is 0 Å². The third-order valence-electron chi connectivity index (χ3n) is 2.64. The second-order valence-corrected chi connectivity index (χ2v) is 5.32. The van der Waals surface area contributed by atoms with Gasteiger partial charge in [0.05, 0.1) is 11.6 Å². The minimum Gasteiger partial charge on any atom is -0.192 e. The van der Waals surface area contributed by atoms with Crippen molar-refractivity contribution < 1.29 is 0 Å². The minimum atomic E-state index is 0.0422. The van der Waals surface area contributed by atoms with Gasteiger partial charge in [0.1, 0.15) is 0 Å². The normalized spacial score (nSPS) is 11.5. The summed E-state index contributed by atoms with van der Waals surface area (Å²) in [6, 6.07) is 8.54. The molecule has 1 rings (SSSR count). The Morgan fingerprint density at radius 3 is 2.20 bits per heavy atom. The van der Waals surface area contributed by atoms with Crippen LogP contribution in [0.1, 0.15) is 57.2 Å². The second kappa shape index (κ2) is 4.06. The largest absolute Gasteiger partial charge is 0.192 e. The molecule has 0 radical (unpaired) electrons. The van der Waals surface area contributed by atoms with Crippen molar-refractivity contribution in [3.8, 4) is 6.07 Å². The Morgan fingerprint density at radius 1 is 1.20 bits per heavy atom. The summed E-state index contributed by atoms with van der Waals surface area (Å²) in [6.07, 6.45) is 0. The molecule has 0 unspecified atom stereocenters. The lowest BCUT2D eigenvalue weighted by Gasteiger charge is -2.21. The van der Waals surface area contributed by atoms with Gasteiger partial charge in [0.15, 0.2) is 0 Å². The maximum atomic E-state index is 9.14. The lowest BCUT2D eigenvalue weighted by molar-refractivity contribution is 0.588. The van der Waals surface area contributed by atoms with E-state index in [4.69, 9.17) is 5.26 Å². The first-order chi connectivity index (χ1) is 6.86. The Hall–Kier alpha value is -1.29. The van der Waals surface area contributed by atoms with Gasteiger partial charge in [0.2, 0.25) is 0 Å². The van der Waals surface area contributed by atoms with E-state index < -0.39 is 0 Å². The Morgan fingerprint density at radius 2 is 1.80 bits per heavy atom. The van der Waals surface area contributed by atoms with Crippen LogP contribution < -0.4 is 0 Å². The number of benzene rings is 1. The summed E-state index contributed by atoms with van der Waals surface area (Å²) in [5, 5.41) is 9.14.